The Kier molecular flexibility index (Phi) is 3.88. The minimum atomic E-state index is -0.652. The number of rotatable bonds is 3. The van der Waals surface area contributed by atoms with Gasteiger partial charge in [0.1, 0.15) is 11.8 Å². The van der Waals surface area contributed by atoms with Gasteiger partial charge in [-0.3, -0.25) is 4.79 Å². The van der Waals surface area contributed by atoms with Crippen LogP contribution < -0.4 is 15.8 Å². The van der Waals surface area contributed by atoms with E-state index in [0.29, 0.717) is 6.61 Å². The number of hydrogen-bond acceptors (Lipinski definition) is 3. The molecule has 1 aliphatic heterocycles. The molecule has 3 N–H and O–H groups in total. The lowest BCUT2D eigenvalue weighted by Gasteiger charge is -2.27. The van der Waals surface area contributed by atoms with Crippen molar-refractivity contribution in [3.8, 4) is 5.75 Å². The molecule has 1 heterocycles. The van der Waals surface area contributed by atoms with Crippen LogP contribution in [0.4, 0.5) is 0 Å². The van der Waals surface area contributed by atoms with Crippen molar-refractivity contribution in [3.63, 3.8) is 0 Å². The highest BCUT2D eigenvalue weighted by molar-refractivity contribution is 5.83. The number of nitrogens with two attached hydrogens (primary N) is 1. The van der Waals surface area contributed by atoms with Gasteiger partial charge in [0.25, 0.3) is 0 Å². The van der Waals surface area contributed by atoms with Crippen molar-refractivity contribution in [3.05, 3.63) is 65.7 Å². The van der Waals surface area contributed by atoms with Crippen LogP contribution in [0.5, 0.6) is 5.75 Å². The molecule has 0 aromatic heterocycles. The lowest BCUT2D eigenvalue weighted by atomic mass is 9.99. The largest absolute Gasteiger partial charge is 0.493 e. The second-order valence-corrected chi connectivity index (χ2v) is 5.12. The van der Waals surface area contributed by atoms with Crippen molar-refractivity contribution in [1.29, 1.82) is 0 Å². The highest BCUT2D eigenvalue weighted by atomic mass is 16.5. The Morgan fingerprint density at radius 1 is 1.14 bits per heavy atom. The van der Waals surface area contributed by atoms with Crippen LogP contribution in [-0.4, -0.2) is 12.5 Å². The molecule has 4 heteroatoms. The minimum Gasteiger partial charge on any atom is -0.493 e. The van der Waals surface area contributed by atoms with Gasteiger partial charge in [0.2, 0.25) is 5.91 Å². The molecule has 21 heavy (non-hydrogen) atoms. The Bertz CT molecular complexity index is 628. The maximum Gasteiger partial charge on any atom is 0.241 e. The lowest BCUT2D eigenvalue weighted by Crippen LogP contribution is -2.38. The fourth-order valence-electron chi connectivity index (χ4n) is 2.57. The molecule has 1 aliphatic rings. The van der Waals surface area contributed by atoms with Crippen molar-refractivity contribution in [2.75, 3.05) is 6.61 Å². The number of carbonyl (C=O) groups excluding carboxylic acids is 1. The van der Waals surface area contributed by atoms with Crippen molar-refractivity contribution in [2.45, 2.75) is 18.5 Å². The van der Waals surface area contributed by atoms with E-state index in [1.54, 1.807) is 0 Å². The summed E-state index contributed by atoms with van der Waals surface area (Å²) in [6.45, 7) is 0.600. The van der Waals surface area contributed by atoms with E-state index in [2.05, 4.69) is 5.32 Å². The first kappa shape index (κ1) is 13.6. The highest BCUT2D eigenvalue weighted by Gasteiger charge is 2.25. The van der Waals surface area contributed by atoms with E-state index in [1.165, 1.54) is 0 Å². The predicted octanol–water partition coefficient (Wildman–Crippen LogP) is 2.33. The molecule has 2 unspecified atom stereocenters. The number of hydrogen-bond donors (Lipinski definition) is 2. The van der Waals surface area contributed by atoms with Crippen LogP contribution in [0.1, 0.15) is 29.6 Å². The maximum atomic E-state index is 12.3. The van der Waals surface area contributed by atoms with Crippen LogP contribution in [0.15, 0.2) is 54.6 Å². The molecule has 0 saturated heterocycles. The Labute approximate surface area is 123 Å². The summed E-state index contributed by atoms with van der Waals surface area (Å²) in [4.78, 5) is 12.3. The normalized spacial score (nSPS) is 18.2. The number of para-hydroxylation sites is 1. The molecule has 0 saturated carbocycles. The molecule has 0 fully saturated rings. The summed E-state index contributed by atoms with van der Waals surface area (Å²) in [7, 11) is 0. The Hall–Kier alpha value is -2.33. The zero-order chi connectivity index (χ0) is 14.7. The summed E-state index contributed by atoms with van der Waals surface area (Å²) in [5.74, 6) is 0.672. The van der Waals surface area contributed by atoms with E-state index in [4.69, 9.17) is 10.5 Å². The highest BCUT2D eigenvalue weighted by Crippen LogP contribution is 2.31. The number of amides is 1. The number of ether oxygens (including phenoxy) is 1. The van der Waals surface area contributed by atoms with Gasteiger partial charge < -0.3 is 15.8 Å². The third kappa shape index (κ3) is 2.90. The quantitative estimate of drug-likeness (QED) is 0.908. The summed E-state index contributed by atoms with van der Waals surface area (Å²) < 4.78 is 5.60. The van der Waals surface area contributed by atoms with E-state index >= 15 is 0 Å². The Balaban J connectivity index is 1.74. The topological polar surface area (TPSA) is 64.4 Å². The van der Waals surface area contributed by atoms with E-state index in [1.807, 2.05) is 54.6 Å². The van der Waals surface area contributed by atoms with Crippen molar-refractivity contribution >= 4 is 5.91 Å². The van der Waals surface area contributed by atoms with Gasteiger partial charge in [-0.15, -0.1) is 0 Å². The van der Waals surface area contributed by atoms with Crippen LogP contribution in [0.3, 0.4) is 0 Å². The third-order valence-corrected chi connectivity index (χ3v) is 3.72. The van der Waals surface area contributed by atoms with Crippen LogP contribution in [0.25, 0.3) is 0 Å². The summed E-state index contributed by atoms with van der Waals surface area (Å²) >= 11 is 0. The molecule has 0 radical (unpaired) electrons. The molecule has 3 rings (SSSR count). The average molecular weight is 282 g/mol. The zero-order valence-corrected chi connectivity index (χ0v) is 11.7. The van der Waals surface area contributed by atoms with Crippen LogP contribution in [0.2, 0.25) is 0 Å². The Morgan fingerprint density at radius 3 is 2.67 bits per heavy atom. The second-order valence-electron chi connectivity index (χ2n) is 5.12. The Morgan fingerprint density at radius 2 is 1.86 bits per heavy atom. The molecule has 0 bridgehead atoms. The van der Waals surface area contributed by atoms with Crippen LogP contribution in [-0.2, 0) is 4.79 Å². The van der Waals surface area contributed by atoms with Crippen molar-refractivity contribution in [1.82, 2.24) is 5.32 Å². The standard InChI is InChI=1S/C17H18N2O2/c18-16(12-6-2-1-3-7-12)17(20)19-14-10-11-21-15-9-5-4-8-13(14)15/h1-9,14,16H,10-11,18H2,(H,19,20). The number of benzene rings is 2. The minimum absolute atomic E-state index is 0.0442. The smallest absolute Gasteiger partial charge is 0.241 e. The van der Waals surface area contributed by atoms with Crippen LogP contribution >= 0.6 is 0 Å². The van der Waals surface area contributed by atoms with Crippen LogP contribution in [0, 0.1) is 0 Å². The van der Waals surface area contributed by atoms with E-state index in [0.717, 1.165) is 23.3 Å². The lowest BCUT2D eigenvalue weighted by molar-refractivity contribution is -0.123. The summed E-state index contributed by atoms with van der Waals surface area (Å²) in [5.41, 5.74) is 7.86. The summed E-state index contributed by atoms with van der Waals surface area (Å²) in [6.07, 6.45) is 0.754. The molecule has 4 nitrogen and oxygen atoms in total. The fourth-order valence-corrected chi connectivity index (χ4v) is 2.57. The van der Waals surface area contributed by atoms with E-state index in [9.17, 15) is 4.79 Å². The van der Waals surface area contributed by atoms with Crippen molar-refractivity contribution < 1.29 is 9.53 Å². The molecule has 2 atom stereocenters. The molecule has 0 spiro atoms. The van der Waals surface area contributed by atoms with Gasteiger partial charge in [-0.25, -0.2) is 0 Å². The van der Waals surface area contributed by atoms with Gasteiger partial charge in [0, 0.05) is 12.0 Å². The first-order chi connectivity index (χ1) is 10.3. The monoisotopic (exact) mass is 282 g/mol. The fraction of sp³-hybridized carbons (Fsp3) is 0.235. The summed E-state index contributed by atoms with van der Waals surface area (Å²) in [6, 6.07) is 16.5. The average Bonchev–Trinajstić information content (AvgIpc) is 2.55. The molecular formula is C17H18N2O2. The molecule has 1 amide bonds. The molecule has 2 aromatic rings. The number of carbonyl (C=O) groups is 1. The molecular weight excluding hydrogens is 264 g/mol. The van der Waals surface area contributed by atoms with Gasteiger partial charge in [-0.05, 0) is 11.6 Å². The second kappa shape index (κ2) is 5.97. The third-order valence-electron chi connectivity index (χ3n) is 3.72. The van der Waals surface area contributed by atoms with Gasteiger partial charge in [-0.2, -0.15) is 0 Å². The van der Waals surface area contributed by atoms with Crippen molar-refractivity contribution in [2.24, 2.45) is 5.73 Å². The molecule has 0 aliphatic carbocycles. The maximum absolute atomic E-state index is 12.3. The zero-order valence-electron chi connectivity index (χ0n) is 11.7. The van der Waals surface area contributed by atoms with Gasteiger partial charge in [-0.1, -0.05) is 48.5 Å². The first-order valence-electron chi connectivity index (χ1n) is 7.08. The first-order valence-corrected chi connectivity index (χ1v) is 7.08. The van der Waals surface area contributed by atoms with E-state index < -0.39 is 6.04 Å². The van der Waals surface area contributed by atoms with Gasteiger partial charge >= 0.3 is 0 Å². The number of fused-ring (bicyclic) bond motifs is 1. The van der Waals surface area contributed by atoms with Gasteiger partial charge in [0.05, 0.1) is 12.6 Å². The van der Waals surface area contributed by atoms with E-state index in [-0.39, 0.29) is 11.9 Å². The van der Waals surface area contributed by atoms with Gasteiger partial charge in [0.15, 0.2) is 0 Å². The predicted molar refractivity (Wildman–Crippen MR) is 80.8 cm³/mol. The molecule has 108 valence electrons. The molecule has 2 aromatic carbocycles. The summed E-state index contributed by atoms with van der Waals surface area (Å²) in [5, 5.41) is 3.03. The SMILES string of the molecule is NC(C(=O)NC1CCOc2ccccc21)c1ccccc1. The number of nitrogens with one attached hydrogen (secondary N) is 1.